The number of halogens is 2. The van der Waals surface area contributed by atoms with Gasteiger partial charge >= 0.3 is 5.97 Å². The van der Waals surface area contributed by atoms with Gasteiger partial charge in [0.05, 0.1) is 11.1 Å². The summed E-state index contributed by atoms with van der Waals surface area (Å²) in [6.07, 6.45) is 1.93. The smallest absolute Gasteiger partial charge is 0.351 e. The molecular weight excluding hydrogens is 430 g/mol. The topological polar surface area (TPSA) is 40.5 Å². The van der Waals surface area contributed by atoms with Crippen molar-refractivity contribution < 1.29 is 13.4 Å². The molecule has 2 rings (SSSR count). The molecule has 0 radical (unpaired) electrons. The van der Waals surface area contributed by atoms with Gasteiger partial charge in [0, 0.05) is 30.7 Å². The molecular formula is C15H19Br2NO3Si. The number of ether oxygens (including phenoxy) is 1. The van der Waals surface area contributed by atoms with Crippen LogP contribution in [0.15, 0.2) is 28.9 Å². The van der Waals surface area contributed by atoms with Gasteiger partial charge in [0.25, 0.3) is 0 Å². The van der Waals surface area contributed by atoms with Gasteiger partial charge in [0.2, 0.25) is 0 Å². The molecule has 0 aliphatic rings. The standard InChI is InChI=1S/C15H19Br2NO3Si/c1-22(2,3)9-8-20-10-18-7-6-11-13(16)5-4-12(14(11)18)15(19)21-17/h4-7H,8-10H2,1-3H3. The molecule has 0 saturated heterocycles. The second-order valence-corrected chi connectivity index (χ2v) is 13.2. The lowest BCUT2D eigenvalue weighted by Crippen LogP contribution is -2.22. The van der Waals surface area contributed by atoms with E-state index in [0.717, 1.165) is 28.0 Å². The first-order valence-corrected chi connectivity index (χ1v) is 12.2. The molecule has 2 aromatic rings. The fourth-order valence-electron chi connectivity index (χ4n) is 2.15. The predicted octanol–water partition coefficient (Wildman–Crippen LogP) is 5.18. The molecule has 120 valence electrons. The monoisotopic (exact) mass is 447 g/mol. The molecule has 0 spiro atoms. The van der Waals surface area contributed by atoms with E-state index in [1.807, 2.05) is 22.9 Å². The van der Waals surface area contributed by atoms with Crippen LogP contribution in [0.4, 0.5) is 0 Å². The van der Waals surface area contributed by atoms with Gasteiger partial charge in [0.15, 0.2) is 16.3 Å². The highest BCUT2D eigenvalue weighted by Crippen LogP contribution is 2.29. The number of benzene rings is 1. The Hall–Kier alpha value is -0.633. The largest absolute Gasteiger partial charge is 0.380 e. The number of rotatable bonds is 6. The van der Waals surface area contributed by atoms with E-state index in [2.05, 4.69) is 55.7 Å². The van der Waals surface area contributed by atoms with E-state index >= 15 is 0 Å². The van der Waals surface area contributed by atoms with Crippen molar-refractivity contribution in [1.29, 1.82) is 0 Å². The molecule has 1 aromatic carbocycles. The van der Waals surface area contributed by atoms with Crippen LogP contribution in [-0.4, -0.2) is 25.2 Å². The van der Waals surface area contributed by atoms with Crippen molar-refractivity contribution in [2.24, 2.45) is 0 Å². The van der Waals surface area contributed by atoms with Crippen LogP contribution in [0, 0.1) is 0 Å². The van der Waals surface area contributed by atoms with Crippen LogP contribution in [0.25, 0.3) is 10.9 Å². The van der Waals surface area contributed by atoms with Crippen LogP contribution in [0.1, 0.15) is 10.4 Å². The van der Waals surface area contributed by atoms with Gasteiger partial charge in [-0.2, -0.15) is 0 Å². The SMILES string of the molecule is C[Si](C)(C)CCOCn1ccc2c(Br)ccc(C(=O)OBr)c21. The minimum atomic E-state index is -1.10. The zero-order valence-electron chi connectivity index (χ0n) is 12.9. The van der Waals surface area contributed by atoms with Gasteiger partial charge in [-0.15, -0.1) is 0 Å². The predicted molar refractivity (Wildman–Crippen MR) is 98.1 cm³/mol. The molecule has 0 aliphatic heterocycles. The zero-order chi connectivity index (χ0) is 16.3. The fourth-order valence-corrected chi connectivity index (χ4v) is 3.53. The normalized spacial score (nSPS) is 11.9. The number of fused-ring (bicyclic) bond motifs is 1. The minimum Gasteiger partial charge on any atom is -0.380 e. The Morgan fingerprint density at radius 3 is 2.64 bits per heavy atom. The molecule has 0 fully saturated rings. The Labute approximate surface area is 148 Å². The first-order valence-electron chi connectivity index (χ1n) is 7.01. The number of aromatic nitrogens is 1. The maximum absolute atomic E-state index is 11.9. The van der Waals surface area contributed by atoms with Crippen molar-refractivity contribution in [3.05, 3.63) is 34.4 Å². The van der Waals surface area contributed by atoms with E-state index in [4.69, 9.17) is 4.74 Å². The molecule has 0 aliphatic carbocycles. The highest BCUT2D eigenvalue weighted by molar-refractivity contribution is 9.10. The quantitative estimate of drug-likeness (QED) is 0.451. The van der Waals surface area contributed by atoms with Gasteiger partial charge in [0.1, 0.15) is 6.73 Å². The summed E-state index contributed by atoms with van der Waals surface area (Å²) >= 11 is 6.27. The lowest BCUT2D eigenvalue weighted by Gasteiger charge is -2.16. The third-order valence-electron chi connectivity index (χ3n) is 3.39. The summed E-state index contributed by atoms with van der Waals surface area (Å²) in [5.41, 5.74) is 1.32. The third kappa shape index (κ3) is 4.22. The van der Waals surface area contributed by atoms with Crippen molar-refractivity contribution in [1.82, 2.24) is 4.57 Å². The molecule has 0 amide bonds. The fraction of sp³-hybridized carbons (Fsp3) is 0.400. The highest BCUT2D eigenvalue weighted by Gasteiger charge is 2.17. The van der Waals surface area contributed by atoms with Gasteiger partial charge in [-0.1, -0.05) is 35.6 Å². The van der Waals surface area contributed by atoms with Crippen molar-refractivity contribution in [3.8, 4) is 0 Å². The van der Waals surface area contributed by atoms with Crippen LogP contribution in [0.3, 0.4) is 0 Å². The number of carbonyl (C=O) groups is 1. The zero-order valence-corrected chi connectivity index (χ0v) is 17.0. The molecule has 0 atom stereocenters. The maximum atomic E-state index is 11.9. The number of carbonyl (C=O) groups excluding carboxylic acids is 1. The van der Waals surface area contributed by atoms with E-state index in [-0.39, 0.29) is 0 Å². The van der Waals surface area contributed by atoms with Crippen molar-refractivity contribution >= 4 is 57.1 Å². The number of hydrogen-bond acceptors (Lipinski definition) is 3. The average Bonchev–Trinajstić information content (AvgIpc) is 2.87. The third-order valence-corrected chi connectivity index (χ3v) is 6.08. The van der Waals surface area contributed by atoms with Crippen LogP contribution < -0.4 is 0 Å². The van der Waals surface area contributed by atoms with E-state index in [9.17, 15) is 4.79 Å². The molecule has 0 saturated carbocycles. The van der Waals surface area contributed by atoms with E-state index in [0.29, 0.717) is 12.3 Å². The molecule has 22 heavy (non-hydrogen) atoms. The molecule has 1 heterocycles. The Morgan fingerprint density at radius 1 is 1.27 bits per heavy atom. The molecule has 4 nitrogen and oxygen atoms in total. The summed E-state index contributed by atoms with van der Waals surface area (Å²) in [4.78, 5) is 11.9. The second kappa shape index (κ2) is 7.29. The summed E-state index contributed by atoms with van der Waals surface area (Å²) in [6, 6.07) is 6.67. The molecule has 0 unspecified atom stereocenters. The first-order chi connectivity index (χ1) is 10.3. The molecule has 0 N–H and O–H groups in total. The van der Waals surface area contributed by atoms with Crippen LogP contribution in [0.2, 0.25) is 25.7 Å². The summed E-state index contributed by atoms with van der Waals surface area (Å²) in [6.45, 7) is 8.13. The van der Waals surface area contributed by atoms with Crippen LogP contribution in [0.5, 0.6) is 0 Å². The Balaban J connectivity index is 2.23. The highest BCUT2D eigenvalue weighted by atomic mass is 79.9. The van der Waals surface area contributed by atoms with Crippen molar-refractivity contribution in [2.75, 3.05) is 6.61 Å². The van der Waals surface area contributed by atoms with Gasteiger partial charge in [-0.05, 0) is 24.2 Å². The lowest BCUT2D eigenvalue weighted by atomic mass is 10.1. The number of hydrogen-bond donors (Lipinski definition) is 0. The molecule has 7 heteroatoms. The average molecular weight is 449 g/mol. The summed E-state index contributed by atoms with van der Waals surface area (Å²) in [5, 5.41) is 0.962. The lowest BCUT2D eigenvalue weighted by molar-refractivity contribution is 0.0779. The van der Waals surface area contributed by atoms with Gasteiger partial charge in [-0.25, -0.2) is 4.79 Å². The van der Waals surface area contributed by atoms with Crippen LogP contribution >= 0.6 is 32.2 Å². The molecule has 0 bridgehead atoms. The van der Waals surface area contributed by atoms with Crippen molar-refractivity contribution in [3.63, 3.8) is 0 Å². The summed E-state index contributed by atoms with van der Waals surface area (Å²) < 4.78 is 13.4. The van der Waals surface area contributed by atoms with E-state index in [1.165, 1.54) is 0 Å². The van der Waals surface area contributed by atoms with E-state index in [1.54, 1.807) is 6.07 Å². The Morgan fingerprint density at radius 2 is 2.00 bits per heavy atom. The minimum absolute atomic E-state index is 0.417. The first kappa shape index (κ1) is 17.7. The van der Waals surface area contributed by atoms with Gasteiger partial charge < -0.3 is 13.1 Å². The molecule has 1 aromatic heterocycles. The Bertz CT molecular complexity index is 679. The summed E-state index contributed by atoms with van der Waals surface area (Å²) in [5.74, 6) is -0.417. The van der Waals surface area contributed by atoms with E-state index < -0.39 is 14.0 Å². The van der Waals surface area contributed by atoms with Crippen molar-refractivity contribution in [2.45, 2.75) is 32.4 Å². The Kier molecular flexibility index (Phi) is 5.87. The van der Waals surface area contributed by atoms with Gasteiger partial charge in [-0.3, -0.25) is 0 Å². The number of nitrogens with zero attached hydrogens (tertiary/aromatic N) is 1. The summed E-state index contributed by atoms with van der Waals surface area (Å²) in [7, 11) is -1.10. The van der Waals surface area contributed by atoms with Crippen LogP contribution in [-0.2, 0) is 15.3 Å². The second-order valence-electron chi connectivity index (χ2n) is 6.36. The maximum Gasteiger partial charge on any atom is 0.351 e.